The molecule has 0 aliphatic carbocycles. The second-order valence-corrected chi connectivity index (χ2v) is 5.60. The highest BCUT2D eigenvalue weighted by molar-refractivity contribution is 5.88. The van der Waals surface area contributed by atoms with Gasteiger partial charge in [-0.3, -0.25) is 9.98 Å². The van der Waals surface area contributed by atoms with E-state index in [1.165, 1.54) is 0 Å². The second-order valence-electron chi connectivity index (χ2n) is 5.60. The van der Waals surface area contributed by atoms with Gasteiger partial charge in [0.2, 0.25) is 0 Å². The molecule has 0 fully saturated rings. The fourth-order valence-corrected chi connectivity index (χ4v) is 2.39. The summed E-state index contributed by atoms with van der Waals surface area (Å²) in [5.74, 6) is 7.51. The predicted molar refractivity (Wildman–Crippen MR) is 113 cm³/mol. The molecule has 0 aromatic heterocycles. The Morgan fingerprint density at radius 1 is 1.15 bits per heavy atom. The minimum Gasteiger partial charge on any atom is -0.497 e. The number of benzene rings is 2. The van der Waals surface area contributed by atoms with Gasteiger partial charge in [-0.05, 0) is 37.4 Å². The molecule has 0 saturated carbocycles. The molecule has 0 spiro atoms. The molecular formula is C22H23N3O2. The number of anilines is 1. The first kappa shape index (κ1) is 19.8. The molecule has 0 aliphatic rings. The van der Waals surface area contributed by atoms with Gasteiger partial charge in [0.05, 0.1) is 31.2 Å². The van der Waals surface area contributed by atoms with E-state index in [2.05, 4.69) is 33.9 Å². The van der Waals surface area contributed by atoms with Crippen LogP contribution in [0, 0.1) is 18.8 Å². The van der Waals surface area contributed by atoms with Gasteiger partial charge in [-0.1, -0.05) is 24.0 Å². The fraction of sp³-hybridized carbons (Fsp3) is 0.182. The summed E-state index contributed by atoms with van der Waals surface area (Å²) in [6.07, 6.45) is 3.26. The van der Waals surface area contributed by atoms with Gasteiger partial charge in [-0.25, -0.2) is 0 Å². The minimum absolute atomic E-state index is 0.636. The number of aryl methyl sites for hydroxylation is 1. The summed E-state index contributed by atoms with van der Waals surface area (Å²) in [6.45, 7) is 5.52. The first-order valence-corrected chi connectivity index (χ1v) is 8.33. The van der Waals surface area contributed by atoms with Crippen molar-refractivity contribution in [1.82, 2.24) is 0 Å². The van der Waals surface area contributed by atoms with Crippen molar-refractivity contribution in [2.24, 2.45) is 9.98 Å². The summed E-state index contributed by atoms with van der Waals surface area (Å²) in [5.41, 5.74) is 4.27. The Kier molecular flexibility index (Phi) is 7.21. The molecular weight excluding hydrogens is 338 g/mol. The van der Waals surface area contributed by atoms with Crippen LogP contribution in [0.2, 0.25) is 0 Å². The zero-order valence-corrected chi connectivity index (χ0v) is 16.0. The molecule has 2 aromatic rings. The van der Waals surface area contributed by atoms with E-state index in [1.807, 2.05) is 44.3 Å². The molecule has 0 radical (unpaired) electrons. The summed E-state index contributed by atoms with van der Waals surface area (Å²) in [4.78, 5) is 8.40. The quantitative estimate of drug-likeness (QED) is 0.613. The average Bonchev–Trinajstić information content (AvgIpc) is 2.70. The number of ether oxygens (including phenoxy) is 2. The van der Waals surface area contributed by atoms with E-state index < -0.39 is 0 Å². The largest absolute Gasteiger partial charge is 0.497 e. The van der Waals surface area contributed by atoms with Gasteiger partial charge in [0.25, 0.3) is 0 Å². The topological polar surface area (TPSA) is 55.2 Å². The van der Waals surface area contributed by atoms with Crippen LogP contribution in [0.15, 0.2) is 58.2 Å². The van der Waals surface area contributed by atoms with Crippen LogP contribution in [-0.2, 0) is 0 Å². The summed E-state index contributed by atoms with van der Waals surface area (Å²) in [6, 6.07) is 11.4. The Balaban J connectivity index is 2.35. The van der Waals surface area contributed by atoms with Gasteiger partial charge in [-0.15, -0.1) is 0 Å². The van der Waals surface area contributed by atoms with Crippen molar-refractivity contribution in [2.45, 2.75) is 6.92 Å². The SMILES string of the molecule is C=N/C=C(/C#Cc1cc(OC)cc(OC)c1)C=Nc1c(C)cccc1NC. The molecule has 5 nitrogen and oxygen atoms in total. The Hall–Kier alpha value is -3.52. The van der Waals surface area contributed by atoms with Gasteiger partial charge in [-0.2, -0.15) is 0 Å². The first-order valence-electron chi connectivity index (χ1n) is 8.33. The molecule has 0 bridgehead atoms. The fourth-order valence-electron chi connectivity index (χ4n) is 2.39. The molecule has 0 aliphatic heterocycles. The third-order valence-corrected chi connectivity index (χ3v) is 3.77. The van der Waals surface area contributed by atoms with Gasteiger partial charge in [0, 0.05) is 31.1 Å². The lowest BCUT2D eigenvalue weighted by atomic mass is 10.1. The Labute approximate surface area is 160 Å². The van der Waals surface area contributed by atoms with E-state index in [1.54, 1.807) is 32.7 Å². The Morgan fingerprint density at radius 2 is 1.85 bits per heavy atom. The zero-order valence-electron chi connectivity index (χ0n) is 16.0. The molecule has 0 unspecified atom stereocenters. The van der Waals surface area contributed by atoms with Crippen LogP contribution >= 0.6 is 0 Å². The lowest BCUT2D eigenvalue weighted by Crippen LogP contribution is -1.91. The van der Waals surface area contributed by atoms with E-state index in [0.717, 1.165) is 22.5 Å². The molecule has 0 amide bonds. The molecule has 5 heteroatoms. The number of hydrogen-bond acceptors (Lipinski definition) is 5. The van der Waals surface area contributed by atoms with Crippen molar-refractivity contribution in [2.75, 3.05) is 26.6 Å². The van der Waals surface area contributed by atoms with E-state index in [-0.39, 0.29) is 0 Å². The lowest BCUT2D eigenvalue weighted by molar-refractivity contribution is 0.394. The predicted octanol–water partition coefficient (Wildman–Crippen LogP) is 4.39. The zero-order chi connectivity index (χ0) is 19.6. The number of para-hydroxylation sites is 1. The van der Waals surface area contributed by atoms with Crippen LogP contribution in [0.5, 0.6) is 11.5 Å². The van der Waals surface area contributed by atoms with Crippen LogP contribution in [0.4, 0.5) is 11.4 Å². The van der Waals surface area contributed by atoms with Gasteiger partial charge in [0.1, 0.15) is 11.5 Å². The average molecular weight is 361 g/mol. The van der Waals surface area contributed by atoms with Crippen LogP contribution in [-0.4, -0.2) is 34.2 Å². The molecule has 2 aromatic carbocycles. The number of hydrogen-bond donors (Lipinski definition) is 1. The highest BCUT2D eigenvalue weighted by Gasteiger charge is 2.02. The Bertz CT molecular complexity index is 912. The highest BCUT2D eigenvalue weighted by Crippen LogP contribution is 2.28. The van der Waals surface area contributed by atoms with Crippen LogP contribution in [0.25, 0.3) is 0 Å². The smallest absolute Gasteiger partial charge is 0.123 e. The second kappa shape index (κ2) is 9.83. The van der Waals surface area contributed by atoms with Gasteiger partial charge >= 0.3 is 0 Å². The van der Waals surface area contributed by atoms with Crippen molar-refractivity contribution in [3.05, 3.63) is 59.3 Å². The third-order valence-electron chi connectivity index (χ3n) is 3.77. The summed E-state index contributed by atoms with van der Waals surface area (Å²) < 4.78 is 10.5. The minimum atomic E-state index is 0.636. The number of methoxy groups -OCH3 is 2. The maximum atomic E-state index is 5.27. The first-order chi connectivity index (χ1) is 13.1. The number of nitrogens with zero attached hydrogens (tertiary/aromatic N) is 2. The standard InChI is InChI=1S/C22H23N3O2/c1-16-7-6-8-21(24-3)22(16)25-15-18(14-23-2)10-9-17-11-19(26-4)13-20(12-17)27-5/h6-8,11-15,24H,2H2,1,3-5H3/b18-14-,25-15?. The molecule has 0 saturated heterocycles. The van der Waals surface area contributed by atoms with Crippen molar-refractivity contribution in [3.8, 4) is 23.3 Å². The van der Waals surface area contributed by atoms with Crippen molar-refractivity contribution >= 4 is 24.3 Å². The lowest BCUT2D eigenvalue weighted by Gasteiger charge is -2.07. The normalized spacial score (nSPS) is 10.9. The van der Waals surface area contributed by atoms with Crippen LogP contribution in [0.3, 0.4) is 0 Å². The van der Waals surface area contributed by atoms with Crippen LogP contribution in [0.1, 0.15) is 11.1 Å². The molecule has 1 N–H and O–H groups in total. The van der Waals surface area contributed by atoms with Crippen molar-refractivity contribution in [1.29, 1.82) is 0 Å². The maximum Gasteiger partial charge on any atom is 0.123 e. The molecule has 27 heavy (non-hydrogen) atoms. The number of aliphatic imine (C=N–C) groups is 2. The molecule has 138 valence electrons. The third kappa shape index (κ3) is 5.48. The highest BCUT2D eigenvalue weighted by atomic mass is 16.5. The van der Waals surface area contributed by atoms with E-state index in [0.29, 0.717) is 17.1 Å². The van der Waals surface area contributed by atoms with Crippen molar-refractivity contribution < 1.29 is 9.47 Å². The molecule has 2 rings (SSSR count). The number of nitrogens with one attached hydrogen (secondary N) is 1. The van der Waals surface area contributed by atoms with E-state index in [4.69, 9.17) is 9.47 Å². The van der Waals surface area contributed by atoms with E-state index >= 15 is 0 Å². The Morgan fingerprint density at radius 3 is 2.44 bits per heavy atom. The summed E-state index contributed by atoms with van der Waals surface area (Å²) in [7, 11) is 5.08. The number of rotatable bonds is 6. The number of allylic oxidation sites excluding steroid dienone is 1. The van der Waals surface area contributed by atoms with Gasteiger partial charge in [0.15, 0.2) is 0 Å². The van der Waals surface area contributed by atoms with Gasteiger partial charge < -0.3 is 14.8 Å². The summed E-state index contributed by atoms with van der Waals surface area (Å²) >= 11 is 0. The van der Waals surface area contributed by atoms with Crippen LogP contribution < -0.4 is 14.8 Å². The molecule has 0 heterocycles. The molecule has 0 atom stereocenters. The van der Waals surface area contributed by atoms with Crippen molar-refractivity contribution in [3.63, 3.8) is 0 Å². The summed E-state index contributed by atoms with van der Waals surface area (Å²) in [5, 5.41) is 3.14. The van der Waals surface area contributed by atoms with E-state index in [9.17, 15) is 0 Å². The monoisotopic (exact) mass is 361 g/mol. The maximum absolute atomic E-state index is 5.27.